The maximum atomic E-state index is 6.06. The van der Waals surface area contributed by atoms with Gasteiger partial charge in [0, 0.05) is 0 Å². The van der Waals surface area contributed by atoms with Crippen molar-refractivity contribution in [2.75, 3.05) is 4.59 Å². The summed E-state index contributed by atoms with van der Waals surface area (Å²) in [6, 6.07) is 0. The van der Waals surface area contributed by atoms with Crippen molar-refractivity contribution in [1.82, 2.24) is 0 Å². The Kier molecular flexibility index (Phi) is 3.16. The first-order valence-electron chi connectivity index (χ1n) is 4.46. The Morgan fingerprint density at radius 3 is 1.92 bits per heavy atom. The van der Waals surface area contributed by atoms with E-state index in [4.69, 9.17) is 11.6 Å². The summed E-state index contributed by atoms with van der Waals surface area (Å²) in [6.07, 6.45) is 15.6. The predicted octanol–water partition coefficient (Wildman–Crippen LogP) is 3.49. The Hall–Kier alpha value is -0.166. The van der Waals surface area contributed by atoms with Crippen LogP contribution in [0, 0.1) is 0 Å². The van der Waals surface area contributed by atoms with Crippen LogP contribution in [0.3, 0.4) is 0 Å². The van der Waals surface area contributed by atoms with Crippen LogP contribution in [-0.4, -0.2) is 4.59 Å². The van der Waals surface area contributed by atoms with Crippen molar-refractivity contribution in [3.05, 3.63) is 45.0 Å². The minimum atomic E-state index is -1.03. The number of halogens is 1. The van der Waals surface area contributed by atoms with E-state index in [1.165, 1.54) is 0 Å². The van der Waals surface area contributed by atoms with Crippen LogP contribution >= 0.6 is 11.6 Å². The number of rotatable bonds is 3. The standard InChI is InChI=1S/2C5H5.CH2Cl.V/c2*1-2-4-5-3-1;1-2;/h2*1-3H,4H2;1H2;. The van der Waals surface area contributed by atoms with E-state index in [0.29, 0.717) is 0 Å². The zero-order chi connectivity index (χ0) is 9.10. The molecule has 0 radical (unpaired) electrons. The van der Waals surface area contributed by atoms with Crippen molar-refractivity contribution in [3.63, 3.8) is 0 Å². The molecule has 0 nitrogen and oxygen atoms in total. The molecule has 0 bridgehead atoms. The number of allylic oxidation sites excluding steroid dienone is 8. The molecule has 0 saturated carbocycles. The average Bonchev–Trinajstić information content (AvgIpc) is 2.76. The molecule has 2 aliphatic carbocycles. The van der Waals surface area contributed by atoms with Gasteiger partial charge in [0.05, 0.1) is 0 Å². The minimum absolute atomic E-state index is 0.855. The molecule has 0 amide bonds. The molecule has 0 fully saturated rings. The number of hydrogen-bond donors (Lipinski definition) is 0. The van der Waals surface area contributed by atoms with Crippen LogP contribution < -0.4 is 0 Å². The molecule has 2 heteroatoms. The molecular formula is C11H12ClV. The Bertz CT molecular complexity index is 280. The van der Waals surface area contributed by atoms with Gasteiger partial charge in [-0.2, -0.15) is 0 Å². The van der Waals surface area contributed by atoms with Crippen LogP contribution in [0.4, 0.5) is 0 Å². The Morgan fingerprint density at radius 2 is 1.62 bits per heavy atom. The molecule has 0 atom stereocenters. The first-order chi connectivity index (χ1) is 6.42. The normalized spacial score (nSPS) is 19.8. The van der Waals surface area contributed by atoms with Crippen LogP contribution in [0.2, 0.25) is 0 Å². The fraction of sp³-hybridized carbons (Fsp3) is 0.273. The fourth-order valence-corrected chi connectivity index (χ4v) is 5.78. The van der Waals surface area contributed by atoms with Crippen LogP contribution in [0.15, 0.2) is 45.0 Å². The van der Waals surface area contributed by atoms with Crippen LogP contribution in [-0.2, 0) is 15.2 Å². The molecule has 0 aliphatic heterocycles. The third kappa shape index (κ3) is 2.01. The molecule has 0 unspecified atom stereocenters. The van der Waals surface area contributed by atoms with E-state index >= 15 is 0 Å². The van der Waals surface area contributed by atoms with E-state index in [2.05, 4.69) is 36.5 Å². The van der Waals surface area contributed by atoms with Crippen molar-refractivity contribution in [2.45, 2.75) is 12.8 Å². The molecule has 2 rings (SSSR count). The van der Waals surface area contributed by atoms with E-state index in [0.717, 1.165) is 17.4 Å². The molecule has 0 saturated heterocycles. The molecular weight excluding hydrogens is 219 g/mol. The summed E-state index contributed by atoms with van der Waals surface area (Å²) in [5, 5.41) is 0. The van der Waals surface area contributed by atoms with Gasteiger partial charge in [-0.25, -0.2) is 0 Å². The van der Waals surface area contributed by atoms with Crippen LogP contribution in [0.5, 0.6) is 0 Å². The van der Waals surface area contributed by atoms with Gasteiger partial charge in [0.1, 0.15) is 0 Å². The maximum absolute atomic E-state index is 6.06. The van der Waals surface area contributed by atoms with Crippen molar-refractivity contribution in [1.29, 1.82) is 0 Å². The van der Waals surface area contributed by atoms with Gasteiger partial charge in [0.15, 0.2) is 0 Å². The third-order valence-electron chi connectivity index (χ3n) is 2.32. The summed E-state index contributed by atoms with van der Waals surface area (Å²) in [4.78, 5) is 0. The molecule has 0 spiro atoms. The second kappa shape index (κ2) is 4.37. The van der Waals surface area contributed by atoms with E-state index in [-0.39, 0.29) is 0 Å². The summed E-state index contributed by atoms with van der Waals surface area (Å²) in [5.74, 6) is 0. The molecule has 0 aromatic heterocycles. The summed E-state index contributed by atoms with van der Waals surface area (Å²) in [5.41, 5.74) is 0. The zero-order valence-electron chi connectivity index (χ0n) is 7.41. The van der Waals surface area contributed by atoms with Crippen molar-refractivity contribution >= 4 is 11.6 Å². The molecule has 0 aromatic carbocycles. The third-order valence-corrected chi connectivity index (χ3v) is 6.88. The Labute approximate surface area is 89.2 Å². The summed E-state index contributed by atoms with van der Waals surface area (Å²) < 4.78 is 4.07. The Balaban J connectivity index is 2.09. The molecule has 13 heavy (non-hydrogen) atoms. The van der Waals surface area contributed by atoms with E-state index in [1.807, 2.05) is 0 Å². The monoisotopic (exact) mass is 230 g/mol. The number of alkyl halides is 1. The van der Waals surface area contributed by atoms with E-state index < -0.39 is 15.2 Å². The van der Waals surface area contributed by atoms with Crippen molar-refractivity contribution in [3.8, 4) is 0 Å². The molecule has 0 aromatic rings. The van der Waals surface area contributed by atoms with Gasteiger partial charge in [-0.05, 0) is 0 Å². The van der Waals surface area contributed by atoms with Crippen LogP contribution in [0.25, 0.3) is 0 Å². The zero-order valence-corrected chi connectivity index (χ0v) is 9.56. The fourth-order valence-electron chi connectivity index (χ4n) is 1.61. The number of hydrogen-bond acceptors (Lipinski definition) is 0. The summed E-state index contributed by atoms with van der Waals surface area (Å²) >= 11 is 5.03. The first-order valence-corrected chi connectivity index (χ1v) is 7.38. The van der Waals surface area contributed by atoms with Gasteiger partial charge in [-0.3, -0.25) is 0 Å². The molecule has 68 valence electrons. The van der Waals surface area contributed by atoms with Crippen molar-refractivity contribution in [2.24, 2.45) is 0 Å². The van der Waals surface area contributed by atoms with Crippen molar-refractivity contribution < 1.29 is 15.2 Å². The van der Waals surface area contributed by atoms with Gasteiger partial charge < -0.3 is 0 Å². The van der Waals surface area contributed by atoms with Gasteiger partial charge in [-0.15, -0.1) is 0 Å². The van der Waals surface area contributed by atoms with E-state index in [1.54, 1.807) is 8.57 Å². The second-order valence-corrected chi connectivity index (χ2v) is 7.62. The van der Waals surface area contributed by atoms with Crippen LogP contribution in [0.1, 0.15) is 12.8 Å². The van der Waals surface area contributed by atoms with E-state index in [9.17, 15) is 0 Å². The molecule has 0 N–H and O–H groups in total. The molecule has 2 aliphatic rings. The summed E-state index contributed by atoms with van der Waals surface area (Å²) in [7, 11) is 0. The Morgan fingerprint density at radius 1 is 1.08 bits per heavy atom. The first kappa shape index (κ1) is 9.39. The average molecular weight is 231 g/mol. The van der Waals surface area contributed by atoms with Gasteiger partial charge in [0.25, 0.3) is 0 Å². The van der Waals surface area contributed by atoms with Gasteiger partial charge in [-0.1, -0.05) is 0 Å². The summed E-state index contributed by atoms with van der Waals surface area (Å²) in [6.45, 7) is 0. The quantitative estimate of drug-likeness (QED) is 0.651. The topological polar surface area (TPSA) is 0 Å². The molecule has 0 heterocycles. The van der Waals surface area contributed by atoms with Gasteiger partial charge >= 0.3 is 89.2 Å². The SMILES string of the molecule is Cl[CH2][V]([C]1=CC=CC1)[C]1=CC=CC1. The second-order valence-electron chi connectivity index (χ2n) is 3.13. The predicted molar refractivity (Wildman–Crippen MR) is 54.4 cm³/mol. The van der Waals surface area contributed by atoms with Gasteiger partial charge in [0.2, 0.25) is 0 Å².